The van der Waals surface area contributed by atoms with E-state index in [0.29, 0.717) is 26.2 Å². The van der Waals surface area contributed by atoms with Gasteiger partial charge in [0.05, 0.1) is 5.56 Å². The summed E-state index contributed by atoms with van der Waals surface area (Å²) >= 11 is 0. The summed E-state index contributed by atoms with van der Waals surface area (Å²) in [7, 11) is 0. The summed E-state index contributed by atoms with van der Waals surface area (Å²) in [6.07, 6.45) is 1.32. The number of aromatic nitrogens is 1. The summed E-state index contributed by atoms with van der Waals surface area (Å²) in [4.78, 5) is 42.9. The number of carbonyl (C=O) groups excluding carboxylic acids is 2. The first-order valence-corrected chi connectivity index (χ1v) is 7.48. The third-order valence-electron chi connectivity index (χ3n) is 3.72. The minimum atomic E-state index is -1.10. The Labute approximate surface area is 134 Å². The fraction of sp³-hybridized carbons (Fsp3) is 0.500. The molecule has 1 aromatic heterocycles. The predicted octanol–water partition coefficient (Wildman–Crippen LogP) is 1.11. The molecule has 1 aliphatic heterocycles. The van der Waals surface area contributed by atoms with Crippen LogP contribution in [0.15, 0.2) is 18.3 Å². The van der Waals surface area contributed by atoms with Crippen LogP contribution in [0.2, 0.25) is 0 Å². The minimum absolute atomic E-state index is 0.0323. The maximum absolute atomic E-state index is 12.4. The molecule has 2 amide bonds. The third-order valence-corrected chi connectivity index (χ3v) is 3.72. The minimum Gasteiger partial charge on any atom is -0.478 e. The number of carboxylic acids is 1. The van der Waals surface area contributed by atoms with Crippen molar-refractivity contribution in [2.75, 3.05) is 26.2 Å². The van der Waals surface area contributed by atoms with Crippen molar-refractivity contribution in [3.8, 4) is 0 Å². The number of hydrogen-bond acceptors (Lipinski definition) is 4. The van der Waals surface area contributed by atoms with Crippen molar-refractivity contribution in [1.29, 1.82) is 0 Å². The Hall–Kier alpha value is -2.44. The average molecular weight is 319 g/mol. The molecule has 0 saturated carbocycles. The summed E-state index contributed by atoms with van der Waals surface area (Å²) in [5.74, 6) is -1.34. The number of amides is 2. The maximum Gasteiger partial charge on any atom is 0.335 e. The second kappa shape index (κ2) is 6.36. The quantitative estimate of drug-likeness (QED) is 0.882. The first-order chi connectivity index (χ1) is 10.7. The van der Waals surface area contributed by atoms with Crippen molar-refractivity contribution < 1.29 is 19.5 Å². The van der Waals surface area contributed by atoms with Crippen molar-refractivity contribution in [3.63, 3.8) is 0 Å². The van der Waals surface area contributed by atoms with Crippen LogP contribution in [0.3, 0.4) is 0 Å². The van der Waals surface area contributed by atoms with Gasteiger partial charge in [0.1, 0.15) is 5.69 Å². The zero-order chi connectivity index (χ0) is 17.2. The van der Waals surface area contributed by atoms with E-state index in [1.54, 1.807) is 9.80 Å². The lowest BCUT2D eigenvalue weighted by atomic mass is 9.94. The normalized spacial score (nSPS) is 15.4. The summed E-state index contributed by atoms with van der Waals surface area (Å²) < 4.78 is 0. The molecule has 0 radical (unpaired) electrons. The lowest BCUT2D eigenvalue weighted by Gasteiger charge is -2.37. The molecule has 1 N–H and O–H groups in total. The lowest BCUT2D eigenvalue weighted by Crippen LogP contribution is -2.53. The largest absolute Gasteiger partial charge is 0.478 e. The molecule has 7 heteroatoms. The number of hydrogen-bond donors (Lipinski definition) is 1. The highest BCUT2D eigenvalue weighted by molar-refractivity contribution is 5.96. The van der Waals surface area contributed by atoms with E-state index in [1.165, 1.54) is 18.3 Å². The van der Waals surface area contributed by atoms with Crippen molar-refractivity contribution >= 4 is 17.8 Å². The molecule has 124 valence electrons. The van der Waals surface area contributed by atoms with Crippen molar-refractivity contribution in [1.82, 2.24) is 14.8 Å². The molecule has 0 bridgehead atoms. The van der Waals surface area contributed by atoms with Crippen LogP contribution in [0, 0.1) is 5.41 Å². The summed E-state index contributed by atoms with van der Waals surface area (Å²) in [6, 6.07) is 2.62. The van der Waals surface area contributed by atoms with Crippen LogP contribution in [0.25, 0.3) is 0 Å². The van der Waals surface area contributed by atoms with Crippen LogP contribution in [0.4, 0.5) is 0 Å². The Balaban J connectivity index is 2.03. The van der Waals surface area contributed by atoms with Gasteiger partial charge in [-0.1, -0.05) is 20.8 Å². The molecule has 23 heavy (non-hydrogen) atoms. The van der Waals surface area contributed by atoms with Gasteiger partial charge in [0.2, 0.25) is 5.91 Å². The van der Waals surface area contributed by atoms with Crippen LogP contribution in [0.1, 0.15) is 41.6 Å². The van der Waals surface area contributed by atoms with Crippen LogP contribution in [0.5, 0.6) is 0 Å². The Morgan fingerprint density at radius 1 is 1.09 bits per heavy atom. The third kappa shape index (κ3) is 3.85. The van der Waals surface area contributed by atoms with Gasteiger partial charge in [0.25, 0.3) is 5.91 Å². The van der Waals surface area contributed by atoms with Gasteiger partial charge < -0.3 is 14.9 Å². The van der Waals surface area contributed by atoms with E-state index in [0.717, 1.165) is 0 Å². The molecule has 1 aliphatic rings. The van der Waals surface area contributed by atoms with E-state index in [9.17, 15) is 14.4 Å². The van der Waals surface area contributed by atoms with E-state index in [2.05, 4.69) is 4.98 Å². The van der Waals surface area contributed by atoms with Crippen molar-refractivity contribution in [2.24, 2.45) is 5.41 Å². The predicted molar refractivity (Wildman–Crippen MR) is 83.1 cm³/mol. The highest BCUT2D eigenvalue weighted by Crippen LogP contribution is 2.19. The smallest absolute Gasteiger partial charge is 0.335 e. The average Bonchev–Trinajstić information content (AvgIpc) is 2.53. The molecule has 1 saturated heterocycles. The van der Waals surface area contributed by atoms with Gasteiger partial charge in [0.15, 0.2) is 0 Å². The second-order valence-corrected chi connectivity index (χ2v) is 6.57. The summed E-state index contributed by atoms with van der Waals surface area (Å²) in [5, 5.41) is 8.98. The van der Waals surface area contributed by atoms with E-state index in [1.807, 2.05) is 20.8 Å². The molecule has 2 heterocycles. The zero-order valence-electron chi connectivity index (χ0n) is 13.6. The SMILES string of the molecule is CC(C)(C)C(=O)N1CCN(C(=O)c2cc(C(=O)O)ccn2)CC1. The number of pyridine rings is 1. The standard InChI is InChI=1S/C16H21N3O4/c1-16(2,3)15(23)19-8-6-18(7-9-19)13(20)12-10-11(14(21)22)4-5-17-12/h4-5,10H,6-9H2,1-3H3,(H,21,22). The maximum atomic E-state index is 12.4. The number of rotatable bonds is 2. The molecule has 0 aromatic carbocycles. The fourth-order valence-corrected chi connectivity index (χ4v) is 2.43. The zero-order valence-corrected chi connectivity index (χ0v) is 13.6. The number of piperazine rings is 1. The number of carboxylic acid groups (broad SMARTS) is 1. The van der Waals surface area contributed by atoms with E-state index in [-0.39, 0.29) is 23.1 Å². The van der Waals surface area contributed by atoms with Crippen LogP contribution in [-0.2, 0) is 4.79 Å². The topological polar surface area (TPSA) is 90.8 Å². The number of aromatic carboxylic acids is 1. The van der Waals surface area contributed by atoms with Gasteiger partial charge in [-0.2, -0.15) is 0 Å². The number of carbonyl (C=O) groups is 3. The Morgan fingerprint density at radius 2 is 1.65 bits per heavy atom. The fourth-order valence-electron chi connectivity index (χ4n) is 2.43. The van der Waals surface area contributed by atoms with Crippen molar-refractivity contribution in [3.05, 3.63) is 29.6 Å². The first kappa shape index (κ1) is 16.9. The first-order valence-electron chi connectivity index (χ1n) is 7.48. The van der Waals surface area contributed by atoms with Crippen LogP contribution < -0.4 is 0 Å². The van der Waals surface area contributed by atoms with E-state index >= 15 is 0 Å². The van der Waals surface area contributed by atoms with E-state index < -0.39 is 11.4 Å². The van der Waals surface area contributed by atoms with Crippen molar-refractivity contribution in [2.45, 2.75) is 20.8 Å². The Kier molecular flexibility index (Phi) is 4.68. The van der Waals surface area contributed by atoms with E-state index in [4.69, 9.17) is 5.11 Å². The molecule has 0 unspecified atom stereocenters. The van der Waals surface area contributed by atoms with Gasteiger partial charge in [-0.15, -0.1) is 0 Å². The van der Waals surface area contributed by atoms with Crippen LogP contribution in [-0.4, -0.2) is 63.9 Å². The lowest BCUT2D eigenvalue weighted by molar-refractivity contribution is -0.140. The summed E-state index contributed by atoms with van der Waals surface area (Å²) in [6.45, 7) is 7.39. The molecule has 0 aliphatic carbocycles. The Bertz CT molecular complexity index is 628. The molecular formula is C16H21N3O4. The molecular weight excluding hydrogens is 298 g/mol. The molecule has 1 fully saturated rings. The number of nitrogens with zero attached hydrogens (tertiary/aromatic N) is 3. The van der Waals surface area contributed by atoms with Gasteiger partial charge >= 0.3 is 5.97 Å². The highest BCUT2D eigenvalue weighted by Gasteiger charge is 2.31. The second-order valence-electron chi connectivity index (χ2n) is 6.57. The molecule has 7 nitrogen and oxygen atoms in total. The van der Waals surface area contributed by atoms with Gasteiger partial charge in [-0.3, -0.25) is 14.6 Å². The summed E-state index contributed by atoms with van der Waals surface area (Å²) in [5.41, 5.74) is -0.297. The Morgan fingerprint density at radius 3 is 2.17 bits per heavy atom. The van der Waals surface area contributed by atoms with Gasteiger partial charge in [-0.25, -0.2) is 4.79 Å². The molecule has 1 aromatic rings. The van der Waals surface area contributed by atoms with Gasteiger partial charge in [-0.05, 0) is 12.1 Å². The molecule has 0 atom stereocenters. The highest BCUT2D eigenvalue weighted by atomic mass is 16.4. The molecule has 0 spiro atoms. The van der Waals surface area contributed by atoms with Gasteiger partial charge in [0, 0.05) is 37.8 Å². The monoisotopic (exact) mass is 319 g/mol. The molecule has 2 rings (SSSR count). The van der Waals surface area contributed by atoms with Crippen LogP contribution >= 0.6 is 0 Å².